The first-order valence-electron chi connectivity index (χ1n) is 9.64. The number of hydrogen-bond acceptors (Lipinski definition) is 4. The fourth-order valence-electron chi connectivity index (χ4n) is 5.31. The summed E-state index contributed by atoms with van der Waals surface area (Å²) in [6.45, 7) is 3.51. The molecule has 6 heteroatoms. The van der Waals surface area contributed by atoms with Crippen LogP contribution in [-0.4, -0.2) is 54.5 Å². The van der Waals surface area contributed by atoms with E-state index in [1.807, 2.05) is 18.2 Å². The Labute approximate surface area is 165 Å². The van der Waals surface area contributed by atoms with Crippen LogP contribution in [-0.2, 0) is 14.3 Å². The molecule has 2 aliphatic carbocycles. The molecule has 27 heavy (non-hydrogen) atoms. The molecule has 5 unspecified atom stereocenters. The second kappa shape index (κ2) is 7.38. The van der Waals surface area contributed by atoms with E-state index in [1.54, 1.807) is 4.90 Å². The normalized spacial score (nSPS) is 33.3. The fraction of sp³-hybridized carbons (Fsp3) is 0.524. The van der Waals surface area contributed by atoms with Crippen LogP contribution in [0.5, 0.6) is 0 Å². The monoisotopic (exact) mass is 388 g/mol. The molecule has 5 rings (SSSR count). The second-order valence-electron chi connectivity index (χ2n) is 7.86. The smallest absolute Gasteiger partial charge is 0.233 e. The molecule has 5 atom stereocenters. The van der Waals surface area contributed by atoms with E-state index in [0.29, 0.717) is 19.8 Å². The average molecular weight is 389 g/mol. The van der Waals surface area contributed by atoms with Crippen LogP contribution in [0.2, 0.25) is 0 Å². The molecular formula is C21H25ClN2O3. The van der Waals surface area contributed by atoms with Crippen molar-refractivity contribution in [3.8, 4) is 0 Å². The van der Waals surface area contributed by atoms with Crippen LogP contribution < -0.4 is 0 Å². The highest BCUT2D eigenvalue weighted by molar-refractivity contribution is 6.06. The molecule has 0 aromatic heterocycles. The number of halogens is 1. The summed E-state index contributed by atoms with van der Waals surface area (Å²) in [5.74, 6) is 0.407. The maximum Gasteiger partial charge on any atom is 0.233 e. The van der Waals surface area contributed by atoms with Gasteiger partial charge in [0.15, 0.2) is 0 Å². The molecule has 0 radical (unpaired) electrons. The summed E-state index contributed by atoms with van der Waals surface area (Å²) in [5.41, 5.74) is 1.16. The SMILES string of the molecule is Cl.O=C1C2C3C=CC(C3)C2C(=O)N1CC(c1ccccc1)N1CCOCC1. The maximum absolute atomic E-state index is 13.1. The van der Waals surface area contributed by atoms with Crippen LogP contribution >= 0.6 is 12.4 Å². The van der Waals surface area contributed by atoms with Gasteiger partial charge >= 0.3 is 0 Å². The Bertz CT molecular complexity index is 717. The molecular weight excluding hydrogens is 364 g/mol. The number of carbonyl (C=O) groups is 2. The zero-order chi connectivity index (χ0) is 17.7. The van der Waals surface area contributed by atoms with E-state index in [-0.39, 0.29) is 53.9 Å². The van der Waals surface area contributed by atoms with Gasteiger partial charge in [0.2, 0.25) is 11.8 Å². The first-order valence-corrected chi connectivity index (χ1v) is 9.64. The van der Waals surface area contributed by atoms with Crippen molar-refractivity contribution in [2.75, 3.05) is 32.8 Å². The van der Waals surface area contributed by atoms with Gasteiger partial charge in [0.25, 0.3) is 0 Å². The van der Waals surface area contributed by atoms with Gasteiger partial charge in [-0.2, -0.15) is 0 Å². The third kappa shape index (κ3) is 3.02. The lowest BCUT2D eigenvalue weighted by molar-refractivity contribution is -0.142. The van der Waals surface area contributed by atoms with E-state index in [9.17, 15) is 9.59 Å². The van der Waals surface area contributed by atoms with Crippen molar-refractivity contribution in [2.45, 2.75) is 12.5 Å². The number of allylic oxidation sites excluding steroid dienone is 2. The van der Waals surface area contributed by atoms with Crippen molar-refractivity contribution >= 4 is 24.2 Å². The summed E-state index contributed by atoms with van der Waals surface area (Å²) < 4.78 is 5.50. The minimum Gasteiger partial charge on any atom is -0.379 e. The van der Waals surface area contributed by atoms with Crippen LogP contribution in [0, 0.1) is 23.7 Å². The van der Waals surface area contributed by atoms with Crippen molar-refractivity contribution in [3.63, 3.8) is 0 Å². The third-order valence-corrected chi connectivity index (χ3v) is 6.59. The van der Waals surface area contributed by atoms with Crippen LogP contribution in [0.25, 0.3) is 0 Å². The number of imide groups is 1. The molecule has 1 saturated carbocycles. The number of benzene rings is 1. The van der Waals surface area contributed by atoms with Crippen molar-refractivity contribution in [1.82, 2.24) is 9.80 Å². The summed E-state index contributed by atoms with van der Waals surface area (Å²) in [5, 5.41) is 0. The number of likely N-dealkylation sites (tertiary alicyclic amines) is 1. The minimum atomic E-state index is -0.112. The predicted octanol–water partition coefficient (Wildman–Crippen LogP) is 2.29. The van der Waals surface area contributed by atoms with E-state index in [0.717, 1.165) is 25.1 Å². The van der Waals surface area contributed by atoms with Crippen LogP contribution in [0.15, 0.2) is 42.5 Å². The summed E-state index contributed by atoms with van der Waals surface area (Å²) in [6, 6.07) is 10.3. The summed E-state index contributed by atoms with van der Waals surface area (Å²) in [7, 11) is 0. The van der Waals surface area contributed by atoms with E-state index in [2.05, 4.69) is 29.2 Å². The zero-order valence-electron chi connectivity index (χ0n) is 15.2. The van der Waals surface area contributed by atoms with Crippen molar-refractivity contribution in [2.24, 2.45) is 23.7 Å². The first-order chi connectivity index (χ1) is 12.7. The van der Waals surface area contributed by atoms with Crippen LogP contribution in [0.1, 0.15) is 18.0 Å². The van der Waals surface area contributed by atoms with Gasteiger partial charge < -0.3 is 4.74 Å². The number of fused-ring (bicyclic) bond motifs is 5. The number of ether oxygens (including phenoxy) is 1. The number of hydrogen-bond donors (Lipinski definition) is 0. The standard InChI is InChI=1S/C21H24N2O3.ClH/c24-20-18-15-6-7-16(12-15)19(18)21(25)23(20)13-17(14-4-2-1-3-5-14)22-8-10-26-11-9-22;/h1-7,15-19H,8-13H2;1H. The topological polar surface area (TPSA) is 49.9 Å². The van der Waals surface area contributed by atoms with E-state index >= 15 is 0 Å². The molecule has 1 aromatic rings. The summed E-state index contributed by atoms with van der Waals surface area (Å²) in [4.78, 5) is 30.0. The fourth-order valence-corrected chi connectivity index (χ4v) is 5.31. The lowest BCUT2D eigenvalue weighted by Gasteiger charge is -2.36. The highest BCUT2D eigenvalue weighted by Crippen LogP contribution is 2.52. The van der Waals surface area contributed by atoms with E-state index < -0.39 is 0 Å². The number of nitrogens with zero attached hydrogens (tertiary/aromatic N) is 2. The average Bonchev–Trinajstić information content (AvgIpc) is 3.36. The van der Waals surface area contributed by atoms with E-state index in [4.69, 9.17) is 4.74 Å². The van der Waals surface area contributed by atoms with E-state index in [1.165, 1.54) is 0 Å². The van der Waals surface area contributed by atoms with Crippen molar-refractivity contribution in [3.05, 3.63) is 48.0 Å². The highest BCUT2D eigenvalue weighted by atomic mass is 35.5. The van der Waals surface area contributed by atoms with Crippen LogP contribution in [0.3, 0.4) is 0 Å². The maximum atomic E-state index is 13.1. The predicted molar refractivity (Wildman–Crippen MR) is 103 cm³/mol. The van der Waals surface area contributed by atoms with Gasteiger partial charge in [-0.1, -0.05) is 42.5 Å². The molecule has 2 aliphatic heterocycles. The van der Waals surface area contributed by atoms with Gasteiger partial charge in [0, 0.05) is 19.6 Å². The Morgan fingerprint density at radius 1 is 0.963 bits per heavy atom. The summed E-state index contributed by atoms with van der Waals surface area (Å²) in [6.07, 6.45) is 5.28. The molecule has 2 amide bonds. The molecule has 144 valence electrons. The summed E-state index contributed by atoms with van der Waals surface area (Å²) >= 11 is 0. The zero-order valence-corrected chi connectivity index (χ0v) is 16.0. The van der Waals surface area contributed by atoms with Gasteiger partial charge in [0.1, 0.15) is 0 Å². The van der Waals surface area contributed by atoms with Gasteiger partial charge in [-0.25, -0.2) is 0 Å². The molecule has 4 aliphatic rings. The van der Waals surface area contributed by atoms with Gasteiger partial charge in [-0.05, 0) is 23.8 Å². The van der Waals surface area contributed by atoms with Gasteiger partial charge in [-0.3, -0.25) is 19.4 Å². The number of amides is 2. The molecule has 1 aromatic carbocycles. The highest BCUT2D eigenvalue weighted by Gasteiger charge is 2.59. The quantitative estimate of drug-likeness (QED) is 0.586. The second-order valence-corrected chi connectivity index (χ2v) is 7.86. The molecule has 0 N–H and O–H groups in total. The first kappa shape index (κ1) is 18.7. The molecule has 2 saturated heterocycles. The number of carbonyl (C=O) groups excluding carboxylic acids is 2. The number of rotatable bonds is 4. The van der Waals surface area contributed by atoms with Crippen LogP contribution in [0.4, 0.5) is 0 Å². The molecule has 0 spiro atoms. The minimum absolute atomic E-state index is 0. The van der Waals surface area contributed by atoms with Gasteiger partial charge in [0.05, 0.1) is 31.1 Å². The molecule has 5 nitrogen and oxygen atoms in total. The molecule has 2 bridgehead atoms. The van der Waals surface area contributed by atoms with Gasteiger partial charge in [-0.15, -0.1) is 12.4 Å². The molecule has 3 fully saturated rings. The largest absolute Gasteiger partial charge is 0.379 e. The number of morpholine rings is 1. The van der Waals surface area contributed by atoms with Crippen molar-refractivity contribution in [1.29, 1.82) is 0 Å². The molecule has 2 heterocycles. The lowest BCUT2D eigenvalue weighted by Crippen LogP contribution is -2.45. The Kier molecular flexibility index (Phi) is 5.10. The Morgan fingerprint density at radius 2 is 1.56 bits per heavy atom. The Morgan fingerprint density at radius 3 is 2.15 bits per heavy atom. The lowest BCUT2D eigenvalue weighted by atomic mass is 9.85. The third-order valence-electron chi connectivity index (χ3n) is 6.59. The Hall–Kier alpha value is -1.69. The van der Waals surface area contributed by atoms with Crippen molar-refractivity contribution < 1.29 is 14.3 Å². The Balaban J connectivity index is 0.00000180.